The summed E-state index contributed by atoms with van der Waals surface area (Å²) in [7, 11) is -1.06. The predicted molar refractivity (Wildman–Crippen MR) is 126 cm³/mol. The lowest BCUT2D eigenvalue weighted by Crippen LogP contribution is -2.17. The van der Waals surface area contributed by atoms with Crippen molar-refractivity contribution in [2.45, 2.75) is 18.7 Å². The van der Waals surface area contributed by atoms with Gasteiger partial charge in [0.25, 0.3) is 15.9 Å². The number of amides is 1. The normalized spacial score (nSPS) is 11.0. The van der Waals surface area contributed by atoms with Gasteiger partial charge in [0.15, 0.2) is 0 Å². The largest absolute Gasteiger partial charge is 0.497 e. The van der Waals surface area contributed by atoms with Crippen LogP contribution >= 0.6 is 11.6 Å². The molecule has 3 rings (SSSR count). The molecule has 0 aliphatic carbocycles. The number of hydrogen-bond donors (Lipinski definition) is 2. The van der Waals surface area contributed by atoms with E-state index in [1.165, 1.54) is 32.4 Å². The number of benzene rings is 3. The summed E-state index contributed by atoms with van der Waals surface area (Å²) in [5.41, 5.74) is 2.70. The molecule has 0 saturated carbocycles. The number of ether oxygens (including phenoxy) is 2. The minimum Gasteiger partial charge on any atom is -0.497 e. The number of sulfonamides is 1. The van der Waals surface area contributed by atoms with Crippen molar-refractivity contribution >= 4 is 38.9 Å². The zero-order valence-corrected chi connectivity index (χ0v) is 19.6. The van der Waals surface area contributed by atoms with Crippen LogP contribution in [0.25, 0.3) is 0 Å². The van der Waals surface area contributed by atoms with Gasteiger partial charge in [0.1, 0.15) is 16.4 Å². The van der Waals surface area contributed by atoms with Crippen LogP contribution in [0.15, 0.2) is 59.5 Å². The number of nitrogens with one attached hydrogen (secondary N) is 2. The molecule has 32 heavy (non-hydrogen) atoms. The van der Waals surface area contributed by atoms with Gasteiger partial charge in [-0.2, -0.15) is 0 Å². The molecule has 1 amide bonds. The Labute approximate surface area is 192 Å². The molecule has 0 aliphatic heterocycles. The van der Waals surface area contributed by atoms with Gasteiger partial charge in [0.05, 0.1) is 30.6 Å². The SMILES string of the molecule is COc1ccc(OC)c(NC(=O)c2ccc(Cl)c(S(=O)(=O)Nc3ccc(C)cc3C)c2)c1. The maximum Gasteiger partial charge on any atom is 0.263 e. The van der Waals surface area contributed by atoms with Gasteiger partial charge in [-0.15, -0.1) is 0 Å². The molecule has 0 saturated heterocycles. The highest BCUT2D eigenvalue weighted by atomic mass is 35.5. The molecule has 3 aromatic rings. The fourth-order valence-corrected chi connectivity index (χ4v) is 4.74. The van der Waals surface area contributed by atoms with Crippen molar-refractivity contribution in [1.29, 1.82) is 0 Å². The molecule has 9 heteroatoms. The fourth-order valence-electron chi connectivity index (χ4n) is 3.08. The van der Waals surface area contributed by atoms with Crippen LogP contribution in [0.5, 0.6) is 11.5 Å². The van der Waals surface area contributed by atoms with E-state index < -0.39 is 15.9 Å². The maximum atomic E-state index is 13.0. The Hall–Kier alpha value is -3.23. The molecule has 2 N–H and O–H groups in total. The van der Waals surface area contributed by atoms with Gasteiger partial charge in [-0.1, -0.05) is 29.3 Å². The molecule has 0 aliphatic rings. The standard InChI is InChI=1S/C23H23ClN2O5S/c1-14-5-9-19(15(2)11-14)26-32(28,29)22-12-16(6-8-18(22)24)23(27)25-20-13-17(30-3)7-10-21(20)31-4/h5-13,26H,1-4H3,(H,25,27). The average molecular weight is 475 g/mol. The van der Waals surface area contributed by atoms with Crippen molar-refractivity contribution in [3.05, 3.63) is 76.3 Å². The van der Waals surface area contributed by atoms with E-state index in [9.17, 15) is 13.2 Å². The topological polar surface area (TPSA) is 93.7 Å². The fraction of sp³-hybridized carbons (Fsp3) is 0.174. The van der Waals surface area contributed by atoms with Crippen molar-refractivity contribution in [3.8, 4) is 11.5 Å². The number of carbonyl (C=O) groups excluding carboxylic acids is 1. The quantitative estimate of drug-likeness (QED) is 0.501. The van der Waals surface area contributed by atoms with Gasteiger partial charge >= 0.3 is 0 Å². The van der Waals surface area contributed by atoms with E-state index in [1.54, 1.807) is 37.3 Å². The second-order valence-electron chi connectivity index (χ2n) is 7.09. The first-order valence-corrected chi connectivity index (χ1v) is 11.4. The molecule has 0 atom stereocenters. The Bertz CT molecular complexity index is 1280. The lowest BCUT2D eigenvalue weighted by atomic mass is 10.1. The van der Waals surface area contributed by atoms with Gasteiger partial charge in [0.2, 0.25) is 0 Å². The predicted octanol–water partition coefficient (Wildman–Crippen LogP) is 5.03. The molecule has 0 fully saturated rings. The van der Waals surface area contributed by atoms with Crippen molar-refractivity contribution < 1.29 is 22.7 Å². The van der Waals surface area contributed by atoms with Crippen LogP contribution in [-0.2, 0) is 10.0 Å². The number of hydrogen-bond acceptors (Lipinski definition) is 5. The Balaban J connectivity index is 1.92. The van der Waals surface area contributed by atoms with E-state index in [-0.39, 0.29) is 15.5 Å². The highest BCUT2D eigenvalue weighted by molar-refractivity contribution is 7.92. The van der Waals surface area contributed by atoms with Crippen LogP contribution in [0.3, 0.4) is 0 Å². The van der Waals surface area contributed by atoms with E-state index in [1.807, 2.05) is 13.0 Å². The van der Waals surface area contributed by atoms with E-state index in [4.69, 9.17) is 21.1 Å². The van der Waals surface area contributed by atoms with Gasteiger partial charge in [0, 0.05) is 11.6 Å². The summed E-state index contributed by atoms with van der Waals surface area (Å²) >= 11 is 6.18. The summed E-state index contributed by atoms with van der Waals surface area (Å²) in [6.45, 7) is 3.72. The molecule has 0 heterocycles. The molecule has 168 valence electrons. The Kier molecular flexibility index (Phi) is 6.96. The van der Waals surface area contributed by atoms with E-state index in [0.717, 1.165) is 11.1 Å². The van der Waals surface area contributed by atoms with Crippen LogP contribution in [0, 0.1) is 13.8 Å². The third-order valence-corrected chi connectivity index (χ3v) is 6.61. The molecule has 7 nitrogen and oxygen atoms in total. The molecule has 0 radical (unpaired) electrons. The Morgan fingerprint density at radius 2 is 1.66 bits per heavy atom. The number of anilines is 2. The van der Waals surface area contributed by atoms with Gasteiger partial charge in [-0.3, -0.25) is 9.52 Å². The third kappa shape index (κ3) is 5.15. The second kappa shape index (κ2) is 9.50. The smallest absolute Gasteiger partial charge is 0.263 e. The average Bonchev–Trinajstić information content (AvgIpc) is 2.75. The molecular formula is C23H23ClN2O5S. The number of aryl methyl sites for hydroxylation is 2. The number of halogens is 1. The molecule has 0 bridgehead atoms. The molecule has 3 aromatic carbocycles. The van der Waals surface area contributed by atoms with Gasteiger partial charge < -0.3 is 14.8 Å². The van der Waals surface area contributed by atoms with Gasteiger partial charge in [-0.25, -0.2) is 8.42 Å². The van der Waals surface area contributed by atoms with Crippen LogP contribution < -0.4 is 19.5 Å². The van der Waals surface area contributed by atoms with E-state index in [2.05, 4.69) is 10.0 Å². The molecular weight excluding hydrogens is 452 g/mol. The lowest BCUT2D eigenvalue weighted by Gasteiger charge is -2.14. The lowest BCUT2D eigenvalue weighted by molar-refractivity contribution is 0.102. The minimum atomic E-state index is -4.04. The molecule has 0 unspecified atom stereocenters. The summed E-state index contributed by atoms with van der Waals surface area (Å²) in [6.07, 6.45) is 0. The minimum absolute atomic E-state index is 0.00206. The highest BCUT2D eigenvalue weighted by Crippen LogP contribution is 2.30. The Morgan fingerprint density at radius 1 is 0.906 bits per heavy atom. The van der Waals surface area contributed by atoms with E-state index >= 15 is 0 Å². The molecule has 0 spiro atoms. The van der Waals surface area contributed by atoms with Crippen LogP contribution in [0.1, 0.15) is 21.5 Å². The number of methoxy groups -OCH3 is 2. The zero-order chi connectivity index (χ0) is 23.5. The summed E-state index contributed by atoms with van der Waals surface area (Å²) < 4.78 is 39.0. The number of rotatable bonds is 7. The maximum absolute atomic E-state index is 13.0. The summed E-state index contributed by atoms with van der Waals surface area (Å²) in [4.78, 5) is 12.7. The second-order valence-corrected chi connectivity index (χ2v) is 9.15. The van der Waals surface area contributed by atoms with Gasteiger partial charge in [-0.05, 0) is 55.8 Å². The zero-order valence-electron chi connectivity index (χ0n) is 18.0. The first-order chi connectivity index (χ1) is 15.1. The summed E-state index contributed by atoms with van der Waals surface area (Å²) in [5.74, 6) is 0.423. The van der Waals surface area contributed by atoms with Crippen molar-refractivity contribution in [3.63, 3.8) is 0 Å². The Morgan fingerprint density at radius 3 is 2.31 bits per heavy atom. The summed E-state index contributed by atoms with van der Waals surface area (Å²) in [6, 6.07) is 14.4. The van der Waals surface area contributed by atoms with Crippen LogP contribution in [-0.4, -0.2) is 28.5 Å². The van der Waals surface area contributed by atoms with Crippen LogP contribution in [0.4, 0.5) is 11.4 Å². The number of carbonyl (C=O) groups is 1. The van der Waals surface area contributed by atoms with Crippen LogP contribution in [0.2, 0.25) is 5.02 Å². The first-order valence-electron chi connectivity index (χ1n) is 9.57. The summed E-state index contributed by atoms with van der Waals surface area (Å²) in [5, 5.41) is 2.71. The van der Waals surface area contributed by atoms with E-state index in [0.29, 0.717) is 22.9 Å². The molecule has 0 aromatic heterocycles. The van der Waals surface area contributed by atoms with Crippen molar-refractivity contribution in [1.82, 2.24) is 0 Å². The third-order valence-electron chi connectivity index (χ3n) is 4.76. The monoisotopic (exact) mass is 474 g/mol. The first kappa shape index (κ1) is 23.4. The highest BCUT2D eigenvalue weighted by Gasteiger charge is 2.22. The van der Waals surface area contributed by atoms with Crippen molar-refractivity contribution in [2.75, 3.05) is 24.3 Å². The van der Waals surface area contributed by atoms with Crippen molar-refractivity contribution in [2.24, 2.45) is 0 Å².